The number of carbonyl (C=O) groups excluding carboxylic acids is 1. The van der Waals surface area contributed by atoms with Gasteiger partial charge in [0.05, 0.1) is 18.7 Å². The Morgan fingerprint density at radius 1 is 1.45 bits per heavy atom. The Hall–Kier alpha value is -2.65. The predicted molar refractivity (Wildman–Crippen MR) is 70.5 cm³/mol. The Balaban J connectivity index is 1.99. The molecule has 2 heterocycles. The summed E-state index contributed by atoms with van der Waals surface area (Å²) in [6.45, 7) is 0.300. The Labute approximate surface area is 115 Å². The molecule has 0 saturated heterocycles. The second kappa shape index (κ2) is 7.07. The number of hydrogen-bond donors (Lipinski definition) is 2. The molecule has 2 rings (SSSR count). The summed E-state index contributed by atoms with van der Waals surface area (Å²) in [4.78, 5) is 15.9. The average molecular weight is 271 g/mol. The lowest BCUT2D eigenvalue weighted by Gasteiger charge is -2.02. The van der Waals surface area contributed by atoms with Crippen molar-refractivity contribution < 1.29 is 14.4 Å². The maximum atomic E-state index is 11.9. The molecule has 2 aromatic heterocycles. The molecule has 0 spiro atoms. The first-order valence-electron chi connectivity index (χ1n) is 6.02. The molecule has 0 aromatic carbocycles. The molecular weight excluding hydrogens is 258 g/mol. The van der Waals surface area contributed by atoms with Crippen LogP contribution in [0.15, 0.2) is 35.3 Å². The minimum absolute atomic E-state index is 0.0122. The summed E-state index contributed by atoms with van der Waals surface area (Å²) in [7, 11) is 0. The molecule has 20 heavy (non-hydrogen) atoms. The lowest BCUT2D eigenvalue weighted by Crippen LogP contribution is -2.23. The zero-order valence-electron chi connectivity index (χ0n) is 10.7. The number of nitrogens with zero attached hydrogens (tertiary/aromatic N) is 2. The smallest absolute Gasteiger partial charge is 0.253 e. The van der Waals surface area contributed by atoms with Gasteiger partial charge in [0.1, 0.15) is 12.0 Å². The SMILES string of the molecule is O=C(NCc1ccon1)c1cncc(C#CCCO)c1. The summed E-state index contributed by atoms with van der Waals surface area (Å²) in [6, 6.07) is 3.32. The van der Waals surface area contributed by atoms with Gasteiger partial charge in [-0.15, -0.1) is 0 Å². The molecule has 6 heteroatoms. The van der Waals surface area contributed by atoms with Crippen molar-refractivity contribution in [3.8, 4) is 11.8 Å². The fourth-order valence-electron chi connectivity index (χ4n) is 1.45. The van der Waals surface area contributed by atoms with Crippen molar-refractivity contribution in [2.45, 2.75) is 13.0 Å². The van der Waals surface area contributed by atoms with Crippen LogP contribution in [-0.2, 0) is 6.54 Å². The number of carbonyl (C=O) groups is 1. The molecule has 0 atom stereocenters. The highest BCUT2D eigenvalue weighted by molar-refractivity contribution is 5.94. The molecular formula is C14H13N3O3. The molecule has 102 valence electrons. The molecule has 1 amide bonds. The minimum atomic E-state index is -0.258. The van der Waals surface area contributed by atoms with Crippen molar-refractivity contribution in [1.82, 2.24) is 15.5 Å². The highest BCUT2D eigenvalue weighted by Gasteiger charge is 2.07. The van der Waals surface area contributed by atoms with E-state index in [0.717, 1.165) is 0 Å². The summed E-state index contributed by atoms with van der Waals surface area (Å²) in [5.74, 6) is 5.35. The minimum Gasteiger partial charge on any atom is -0.395 e. The van der Waals surface area contributed by atoms with Crippen LogP contribution in [0.5, 0.6) is 0 Å². The summed E-state index contributed by atoms with van der Waals surface area (Å²) in [5.41, 5.74) is 1.70. The number of hydrogen-bond acceptors (Lipinski definition) is 5. The highest BCUT2D eigenvalue weighted by Crippen LogP contribution is 2.02. The van der Waals surface area contributed by atoms with Gasteiger partial charge in [-0.05, 0) is 6.07 Å². The highest BCUT2D eigenvalue weighted by atomic mass is 16.5. The van der Waals surface area contributed by atoms with Gasteiger partial charge in [-0.25, -0.2) is 0 Å². The van der Waals surface area contributed by atoms with Crippen LogP contribution in [0.2, 0.25) is 0 Å². The molecule has 0 saturated carbocycles. The zero-order chi connectivity index (χ0) is 14.2. The van der Waals surface area contributed by atoms with E-state index in [1.807, 2.05) is 0 Å². The number of aromatic nitrogens is 2. The van der Waals surface area contributed by atoms with Crippen LogP contribution in [0.1, 0.15) is 28.0 Å². The molecule has 2 N–H and O–H groups in total. The van der Waals surface area contributed by atoms with Crippen LogP contribution in [0.3, 0.4) is 0 Å². The third-order valence-corrected chi connectivity index (χ3v) is 2.39. The lowest BCUT2D eigenvalue weighted by atomic mass is 10.2. The van der Waals surface area contributed by atoms with Gasteiger partial charge in [0, 0.05) is 30.4 Å². The fraction of sp³-hybridized carbons (Fsp3) is 0.214. The van der Waals surface area contributed by atoms with E-state index in [2.05, 4.69) is 31.8 Å². The largest absolute Gasteiger partial charge is 0.395 e. The number of nitrogens with one attached hydrogen (secondary N) is 1. The Morgan fingerprint density at radius 3 is 3.10 bits per heavy atom. The van der Waals surface area contributed by atoms with Crippen LogP contribution < -0.4 is 5.32 Å². The fourth-order valence-corrected chi connectivity index (χ4v) is 1.45. The van der Waals surface area contributed by atoms with Gasteiger partial charge >= 0.3 is 0 Å². The van der Waals surface area contributed by atoms with Gasteiger partial charge in [-0.2, -0.15) is 0 Å². The monoisotopic (exact) mass is 271 g/mol. The van der Waals surface area contributed by atoms with E-state index < -0.39 is 0 Å². The van der Waals surface area contributed by atoms with Gasteiger partial charge in [0.15, 0.2) is 0 Å². The third-order valence-electron chi connectivity index (χ3n) is 2.39. The molecule has 0 radical (unpaired) electrons. The Kier molecular flexibility index (Phi) is 4.87. The summed E-state index contributed by atoms with van der Waals surface area (Å²) in [6.07, 6.45) is 4.87. The molecule has 2 aromatic rings. The van der Waals surface area contributed by atoms with Gasteiger partial charge in [0.2, 0.25) is 0 Å². The maximum Gasteiger partial charge on any atom is 0.253 e. The van der Waals surface area contributed by atoms with E-state index in [-0.39, 0.29) is 19.1 Å². The van der Waals surface area contributed by atoms with Crippen molar-refractivity contribution in [2.24, 2.45) is 0 Å². The standard InChI is InChI=1S/C14H13N3O3/c18-5-2-1-3-11-7-12(9-15-8-11)14(19)16-10-13-4-6-20-17-13/h4,6-9,18H,2,5,10H2,(H,16,19). The predicted octanol–water partition coefficient (Wildman–Crippen LogP) is 0.733. The van der Waals surface area contributed by atoms with Crippen LogP contribution >= 0.6 is 0 Å². The van der Waals surface area contributed by atoms with Gasteiger partial charge in [-0.3, -0.25) is 9.78 Å². The molecule has 6 nitrogen and oxygen atoms in total. The van der Waals surface area contributed by atoms with Crippen LogP contribution in [0.25, 0.3) is 0 Å². The molecule has 0 fully saturated rings. The van der Waals surface area contributed by atoms with Gasteiger partial charge < -0.3 is 14.9 Å². The van der Waals surface area contributed by atoms with E-state index in [0.29, 0.717) is 23.2 Å². The summed E-state index contributed by atoms with van der Waals surface area (Å²) >= 11 is 0. The van der Waals surface area contributed by atoms with Crippen molar-refractivity contribution in [3.05, 3.63) is 47.6 Å². The number of pyridine rings is 1. The average Bonchev–Trinajstić information content (AvgIpc) is 2.99. The van der Waals surface area contributed by atoms with Crippen molar-refractivity contribution >= 4 is 5.91 Å². The van der Waals surface area contributed by atoms with Crippen LogP contribution in [0, 0.1) is 11.8 Å². The topological polar surface area (TPSA) is 88.3 Å². The number of rotatable bonds is 4. The quantitative estimate of drug-likeness (QED) is 0.800. The van der Waals surface area contributed by atoms with Crippen molar-refractivity contribution in [3.63, 3.8) is 0 Å². The first-order chi connectivity index (χ1) is 9.79. The summed E-state index contributed by atoms with van der Waals surface area (Å²) < 4.78 is 4.67. The van der Waals surface area contributed by atoms with E-state index in [4.69, 9.17) is 5.11 Å². The Morgan fingerprint density at radius 2 is 2.35 bits per heavy atom. The zero-order valence-corrected chi connectivity index (χ0v) is 10.7. The van der Waals surface area contributed by atoms with E-state index in [1.165, 1.54) is 12.5 Å². The van der Waals surface area contributed by atoms with Gasteiger partial charge in [0.25, 0.3) is 5.91 Å². The normalized spacial score (nSPS) is 9.65. The molecule has 0 unspecified atom stereocenters. The number of aliphatic hydroxyl groups excluding tert-OH is 1. The lowest BCUT2D eigenvalue weighted by molar-refractivity contribution is 0.0949. The first-order valence-corrected chi connectivity index (χ1v) is 6.02. The summed E-state index contributed by atoms with van der Waals surface area (Å²) in [5, 5.41) is 15.1. The van der Waals surface area contributed by atoms with Crippen molar-refractivity contribution in [1.29, 1.82) is 0 Å². The number of aliphatic hydroxyl groups is 1. The molecule has 0 aliphatic heterocycles. The third kappa shape index (κ3) is 3.93. The maximum absolute atomic E-state index is 11.9. The molecule has 0 bridgehead atoms. The van der Waals surface area contributed by atoms with E-state index in [1.54, 1.807) is 18.3 Å². The van der Waals surface area contributed by atoms with Crippen LogP contribution in [-0.4, -0.2) is 27.8 Å². The van der Waals surface area contributed by atoms with Crippen molar-refractivity contribution in [2.75, 3.05) is 6.61 Å². The van der Waals surface area contributed by atoms with Crippen LogP contribution in [0.4, 0.5) is 0 Å². The molecule has 0 aliphatic rings. The number of amides is 1. The Bertz CT molecular complexity index is 627. The first kappa shape index (κ1) is 13.8. The van der Waals surface area contributed by atoms with Gasteiger partial charge in [-0.1, -0.05) is 17.0 Å². The second-order valence-corrected chi connectivity index (χ2v) is 3.91. The van der Waals surface area contributed by atoms with E-state index in [9.17, 15) is 4.79 Å². The second-order valence-electron chi connectivity index (χ2n) is 3.91. The van der Waals surface area contributed by atoms with E-state index >= 15 is 0 Å². The molecule has 0 aliphatic carbocycles.